The lowest BCUT2D eigenvalue weighted by molar-refractivity contribution is -0.384. The van der Waals surface area contributed by atoms with E-state index in [0.29, 0.717) is 12.4 Å². The molecule has 3 rings (SSSR count). The number of rotatable bonds is 5. The lowest BCUT2D eigenvalue weighted by Gasteiger charge is -2.39. The molecule has 1 aliphatic rings. The van der Waals surface area contributed by atoms with Crippen molar-refractivity contribution in [2.24, 2.45) is 0 Å². The van der Waals surface area contributed by atoms with E-state index in [4.69, 9.17) is 5.11 Å². The molecule has 0 bridgehead atoms. The van der Waals surface area contributed by atoms with Gasteiger partial charge in [0.05, 0.1) is 4.92 Å². The summed E-state index contributed by atoms with van der Waals surface area (Å²) in [6.07, 6.45) is -2.62. The quantitative estimate of drug-likeness (QED) is 0.571. The largest absolute Gasteiger partial charge is 0.465 e. The Labute approximate surface area is 163 Å². The van der Waals surface area contributed by atoms with Gasteiger partial charge in [0, 0.05) is 43.6 Å². The van der Waals surface area contributed by atoms with Gasteiger partial charge in [-0.05, 0) is 25.1 Å². The zero-order valence-electron chi connectivity index (χ0n) is 15.3. The van der Waals surface area contributed by atoms with Gasteiger partial charge < -0.3 is 20.2 Å². The molecule has 154 valence electrons. The van der Waals surface area contributed by atoms with E-state index in [0.717, 1.165) is 6.07 Å². The van der Waals surface area contributed by atoms with Crippen LogP contribution in [0.3, 0.4) is 0 Å². The van der Waals surface area contributed by atoms with E-state index in [1.165, 1.54) is 29.3 Å². The van der Waals surface area contributed by atoms with Gasteiger partial charge in [-0.1, -0.05) is 0 Å². The van der Waals surface area contributed by atoms with E-state index in [1.54, 1.807) is 0 Å². The van der Waals surface area contributed by atoms with Gasteiger partial charge in [-0.25, -0.2) is 18.6 Å². The third kappa shape index (κ3) is 4.47. The first kappa shape index (κ1) is 20.2. The van der Waals surface area contributed by atoms with Gasteiger partial charge in [0.2, 0.25) is 5.82 Å². The number of nitrogens with zero attached hydrogens (tertiary/aromatic N) is 5. The first-order valence-corrected chi connectivity index (χ1v) is 8.67. The second-order valence-electron chi connectivity index (χ2n) is 6.46. The van der Waals surface area contributed by atoms with E-state index in [9.17, 15) is 23.7 Å². The molecule has 0 aliphatic carbocycles. The highest BCUT2D eigenvalue weighted by atomic mass is 19.3. The first-order valence-electron chi connectivity index (χ1n) is 8.67. The van der Waals surface area contributed by atoms with E-state index in [2.05, 4.69) is 15.3 Å². The Morgan fingerprint density at radius 2 is 2.14 bits per heavy atom. The minimum atomic E-state index is -2.78. The van der Waals surface area contributed by atoms with Crippen LogP contribution in [0, 0.1) is 10.1 Å². The molecular formula is C17H18F2N6O4. The Kier molecular flexibility index (Phi) is 5.71. The van der Waals surface area contributed by atoms with Crippen LogP contribution < -0.4 is 10.2 Å². The lowest BCUT2D eigenvalue weighted by Crippen LogP contribution is -2.53. The second-order valence-corrected chi connectivity index (χ2v) is 6.46. The Morgan fingerprint density at radius 3 is 2.76 bits per heavy atom. The number of nitrogens with one attached hydrogen (secondary N) is 1. The first-order chi connectivity index (χ1) is 13.8. The number of pyridine rings is 2. The molecular weight excluding hydrogens is 390 g/mol. The fourth-order valence-corrected chi connectivity index (χ4v) is 3.09. The maximum absolute atomic E-state index is 12.9. The molecule has 0 aromatic carbocycles. The summed E-state index contributed by atoms with van der Waals surface area (Å²) in [5.41, 5.74) is -0.597. The van der Waals surface area contributed by atoms with E-state index < -0.39 is 23.1 Å². The van der Waals surface area contributed by atoms with Gasteiger partial charge in [-0.15, -0.1) is 0 Å². The van der Waals surface area contributed by atoms with Gasteiger partial charge in [0.15, 0.2) is 0 Å². The van der Waals surface area contributed by atoms with E-state index in [-0.39, 0.29) is 36.3 Å². The Balaban J connectivity index is 1.90. The van der Waals surface area contributed by atoms with Crippen LogP contribution in [0.4, 0.5) is 36.6 Å². The van der Waals surface area contributed by atoms with Crippen molar-refractivity contribution in [1.82, 2.24) is 14.9 Å². The molecule has 0 unspecified atom stereocenters. The zero-order valence-corrected chi connectivity index (χ0v) is 15.3. The third-order valence-electron chi connectivity index (χ3n) is 4.52. The number of alkyl halides is 2. The normalized spacial score (nSPS) is 16.8. The number of hydrogen-bond acceptors (Lipinski definition) is 7. The van der Waals surface area contributed by atoms with Gasteiger partial charge in [0.25, 0.3) is 6.43 Å². The van der Waals surface area contributed by atoms with Crippen LogP contribution in [0.5, 0.6) is 0 Å². The number of carboxylic acid groups (broad SMARTS) is 1. The molecule has 1 aliphatic heterocycles. The van der Waals surface area contributed by atoms with Crippen molar-refractivity contribution < 1.29 is 23.6 Å². The Hall–Kier alpha value is -3.57. The molecule has 2 aromatic heterocycles. The predicted octanol–water partition coefficient (Wildman–Crippen LogP) is 3.25. The maximum Gasteiger partial charge on any atom is 0.407 e. The van der Waals surface area contributed by atoms with Crippen LogP contribution in [-0.2, 0) is 0 Å². The average Bonchev–Trinajstić information content (AvgIpc) is 2.67. The summed E-state index contributed by atoms with van der Waals surface area (Å²) in [5, 5.41) is 23.2. The van der Waals surface area contributed by atoms with Crippen molar-refractivity contribution in [3.8, 4) is 0 Å². The number of anilines is 3. The summed E-state index contributed by atoms with van der Waals surface area (Å²) in [6.45, 7) is 2.72. The van der Waals surface area contributed by atoms with Gasteiger partial charge in [0.1, 0.15) is 11.5 Å². The summed E-state index contributed by atoms with van der Waals surface area (Å²) < 4.78 is 25.7. The molecule has 2 aromatic rings. The fraction of sp³-hybridized carbons (Fsp3) is 0.353. The Bertz CT molecular complexity index is 929. The standard InChI is InChI=1S/C17H18F2N6O4/c1-10-9-23(17(26)27)6-7-24(10)14-3-2-13(25(28)29)16(22-14)21-11-4-5-20-12(8-11)15(18)19/h2-5,8,10,15H,6-7,9H2,1H3,(H,26,27)(H,20,21,22)/t10-/m0/s1. The van der Waals surface area contributed by atoms with Crippen LogP contribution in [0.2, 0.25) is 0 Å². The van der Waals surface area contributed by atoms with Crippen molar-refractivity contribution in [2.75, 3.05) is 29.9 Å². The van der Waals surface area contributed by atoms with Gasteiger partial charge >= 0.3 is 11.8 Å². The fourth-order valence-electron chi connectivity index (χ4n) is 3.09. The predicted molar refractivity (Wildman–Crippen MR) is 99.8 cm³/mol. The number of nitro groups is 1. The van der Waals surface area contributed by atoms with Crippen LogP contribution >= 0.6 is 0 Å². The number of halogens is 2. The van der Waals surface area contributed by atoms with Crippen molar-refractivity contribution in [1.29, 1.82) is 0 Å². The van der Waals surface area contributed by atoms with Crippen molar-refractivity contribution in [3.05, 3.63) is 46.3 Å². The molecule has 1 amide bonds. The minimum Gasteiger partial charge on any atom is -0.465 e. The summed E-state index contributed by atoms with van der Waals surface area (Å²) in [7, 11) is 0. The summed E-state index contributed by atoms with van der Waals surface area (Å²) in [4.78, 5) is 32.9. The van der Waals surface area contributed by atoms with Gasteiger partial charge in [-0.2, -0.15) is 0 Å². The minimum absolute atomic E-state index is 0.105. The lowest BCUT2D eigenvalue weighted by atomic mass is 10.2. The van der Waals surface area contributed by atoms with Crippen molar-refractivity contribution in [3.63, 3.8) is 0 Å². The molecule has 0 saturated carbocycles. The highest BCUT2D eigenvalue weighted by Crippen LogP contribution is 2.30. The average molecular weight is 408 g/mol. The van der Waals surface area contributed by atoms with Crippen molar-refractivity contribution >= 4 is 29.1 Å². The second kappa shape index (κ2) is 8.20. The summed E-state index contributed by atoms with van der Waals surface area (Å²) >= 11 is 0. The number of amides is 1. The van der Waals surface area contributed by atoms with Crippen LogP contribution in [0.15, 0.2) is 30.5 Å². The topological polar surface area (TPSA) is 125 Å². The number of aromatic nitrogens is 2. The maximum atomic E-state index is 12.9. The Morgan fingerprint density at radius 1 is 1.38 bits per heavy atom. The number of hydrogen-bond donors (Lipinski definition) is 2. The van der Waals surface area contributed by atoms with E-state index in [1.807, 2.05) is 11.8 Å². The van der Waals surface area contributed by atoms with Crippen LogP contribution in [0.25, 0.3) is 0 Å². The monoisotopic (exact) mass is 408 g/mol. The molecule has 1 atom stereocenters. The molecule has 10 nitrogen and oxygen atoms in total. The molecule has 1 saturated heterocycles. The third-order valence-corrected chi connectivity index (χ3v) is 4.52. The number of piperazine rings is 1. The summed E-state index contributed by atoms with van der Waals surface area (Å²) in [5.74, 6) is 0.311. The number of carbonyl (C=O) groups is 1. The highest BCUT2D eigenvalue weighted by molar-refractivity contribution is 5.69. The van der Waals surface area contributed by atoms with Crippen LogP contribution in [-0.4, -0.2) is 56.7 Å². The molecule has 0 radical (unpaired) electrons. The smallest absolute Gasteiger partial charge is 0.407 e. The van der Waals surface area contributed by atoms with Gasteiger partial charge in [-0.3, -0.25) is 15.1 Å². The molecule has 12 heteroatoms. The molecule has 1 fully saturated rings. The molecule has 29 heavy (non-hydrogen) atoms. The molecule has 2 N–H and O–H groups in total. The van der Waals surface area contributed by atoms with Crippen molar-refractivity contribution in [2.45, 2.75) is 19.4 Å². The zero-order chi connectivity index (χ0) is 21.1. The SMILES string of the molecule is C[C@H]1CN(C(=O)O)CCN1c1ccc([N+](=O)[O-])c(Nc2ccnc(C(F)F)c2)n1. The highest BCUT2D eigenvalue weighted by Gasteiger charge is 2.28. The molecule has 0 spiro atoms. The van der Waals surface area contributed by atoms with Crippen LogP contribution in [0.1, 0.15) is 19.0 Å². The van der Waals surface area contributed by atoms with E-state index >= 15 is 0 Å². The summed E-state index contributed by atoms with van der Waals surface area (Å²) in [6, 6.07) is 5.05. The molecule has 3 heterocycles.